The van der Waals surface area contributed by atoms with Gasteiger partial charge in [0.15, 0.2) is 11.2 Å². The van der Waals surface area contributed by atoms with Gasteiger partial charge in [-0.2, -0.15) is 0 Å². The molecule has 1 heterocycles. The number of anilines is 1. The van der Waals surface area contributed by atoms with Crippen LogP contribution >= 0.6 is 11.6 Å². The Labute approximate surface area is 144 Å². The number of hydrogen-bond acceptors (Lipinski definition) is 3. The Bertz CT molecular complexity index is 1020. The van der Waals surface area contributed by atoms with Gasteiger partial charge in [0.25, 0.3) is 5.91 Å². The molecule has 3 aromatic rings. The molecule has 2 aromatic carbocycles. The fourth-order valence-corrected chi connectivity index (χ4v) is 2.57. The summed E-state index contributed by atoms with van der Waals surface area (Å²) in [7, 11) is 0. The van der Waals surface area contributed by atoms with Crippen LogP contribution in [0.25, 0.3) is 11.0 Å². The van der Waals surface area contributed by atoms with Gasteiger partial charge >= 0.3 is 0 Å². The Kier molecular flexibility index (Phi) is 4.16. The number of carbonyl (C=O) groups is 1. The topological polar surface area (TPSA) is 59.3 Å². The van der Waals surface area contributed by atoms with Crippen molar-refractivity contribution in [2.75, 3.05) is 5.32 Å². The molecule has 3 rings (SSSR count). The number of rotatable bonds is 2. The van der Waals surface area contributed by atoms with Crippen LogP contribution < -0.4 is 10.7 Å². The molecule has 0 saturated heterocycles. The molecule has 0 saturated carbocycles. The highest BCUT2D eigenvalue weighted by Gasteiger charge is 2.14. The minimum atomic E-state index is -0.493. The molecule has 1 N–H and O–H groups in total. The number of nitrogens with one attached hydrogen (secondary N) is 1. The van der Waals surface area contributed by atoms with E-state index in [0.29, 0.717) is 21.7 Å². The van der Waals surface area contributed by atoms with Crippen LogP contribution in [-0.4, -0.2) is 5.91 Å². The summed E-state index contributed by atoms with van der Waals surface area (Å²) in [6, 6.07) is 9.96. The second-order valence-corrected chi connectivity index (χ2v) is 6.23. The molecule has 0 atom stereocenters. The van der Waals surface area contributed by atoms with E-state index in [0.717, 1.165) is 16.7 Å². The largest absolute Gasteiger partial charge is 0.451 e. The van der Waals surface area contributed by atoms with Crippen LogP contribution in [0.15, 0.2) is 45.6 Å². The lowest BCUT2D eigenvalue weighted by molar-refractivity contribution is 0.0997. The van der Waals surface area contributed by atoms with Crippen LogP contribution in [0.3, 0.4) is 0 Å². The van der Waals surface area contributed by atoms with Crippen molar-refractivity contribution in [2.45, 2.75) is 20.8 Å². The van der Waals surface area contributed by atoms with E-state index in [9.17, 15) is 9.59 Å². The smallest absolute Gasteiger partial charge is 0.291 e. The summed E-state index contributed by atoms with van der Waals surface area (Å²) in [5.41, 5.74) is 3.61. The summed E-state index contributed by atoms with van der Waals surface area (Å²) in [5, 5.41) is 3.71. The van der Waals surface area contributed by atoms with E-state index >= 15 is 0 Å². The minimum Gasteiger partial charge on any atom is -0.451 e. The predicted molar refractivity (Wildman–Crippen MR) is 96.1 cm³/mol. The van der Waals surface area contributed by atoms with Crippen LogP contribution in [0.2, 0.25) is 5.02 Å². The Morgan fingerprint density at radius 3 is 2.42 bits per heavy atom. The fraction of sp³-hybridized carbons (Fsp3) is 0.158. The maximum absolute atomic E-state index is 12.4. The Morgan fingerprint density at radius 2 is 1.71 bits per heavy atom. The molecule has 4 nitrogen and oxygen atoms in total. The SMILES string of the molecule is Cc1cc2oc(C(=O)Nc3ccc(C)c(Cl)c3)cc(=O)c2cc1C. The maximum Gasteiger partial charge on any atom is 0.291 e. The number of benzene rings is 2. The maximum atomic E-state index is 12.4. The lowest BCUT2D eigenvalue weighted by atomic mass is 10.1. The lowest BCUT2D eigenvalue weighted by Crippen LogP contribution is -2.15. The van der Waals surface area contributed by atoms with Crippen LogP contribution in [0.5, 0.6) is 0 Å². The first-order chi connectivity index (χ1) is 11.3. The molecule has 1 amide bonds. The average molecular weight is 342 g/mol. The molecule has 0 aliphatic carbocycles. The number of fused-ring (bicyclic) bond motifs is 1. The van der Waals surface area contributed by atoms with Gasteiger partial charge in [-0.25, -0.2) is 0 Å². The van der Waals surface area contributed by atoms with Gasteiger partial charge in [-0.05, 0) is 61.7 Å². The van der Waals surface area contributed by atoms with Crippen LogP contribution in [-0.2, 0) is 0 Å². The molecule has 0 bridgehead atoms. The molecule has 0 spiro atoms. The van der Waals surface area contributed by atoms with Crippen LogP contribution in [0.1, 0.15) is 27.2 Å². The van der Waals surface area contributed by atoms with Crippen LogP contribution in [0, 0.1) is 20.8 Å². The average Bonchev–Trinajstić information content (AvgIpc) is 2.52. The molecule has 0 unspecified atom stereocenters. The van der Waals surface area contributed by atoms with Crippen molar-refractivity contribution < 1.29 is 9.21 Å². The molecule has 0 radical (unpaired) electrons. The van der Waals surface area contributed by atoms with E-state index in [1.807, 2.05) is 20.8 Å². The van der Waals surface area contributed by atoms with Crippen molar-refractivity contribution in [3.63, 3.8) is 0 Å². The first kappa shape index (κ1) is 16.3. The van der Waals surface area contributed by atoms with Crippen molar-refractivity contribution in [1.29, 1.82) is 0 Å². The normalized spacial score (nSPS) is 10.8. The Balaban J connectivity index is 1.99. The number of carbonyl (C=O) groups excluding carboxylic acids is 1. The minimum absolute atomic E-state index is 0.0348. The molecule has 0 fully saturated rings. The van der Waals surface area contributed by atoms with Crippen molar-refractivity contribution in [2.24, 2.45) is 0 Å². The fourth-order valence-electron chi connectivity index (χ4n) is 2.39. The van der Waals surface area contributed by atoms with E-state index in [2.05, 4.69) is 5.32 Å². The van der Waals surface area contributed by atoms with Gasteiger partial charge in [-0.3, -0.25) is 9.59 Å². The molecular formula is C19H16ClNO3. The molecular weight excluding hydrogens is 326 g/mol. The zero-order valence-corrected chi connectivity index (χ0v) is 14.3. The third-order valence-electron chi connectivity index (χ3n) is 4.00. The van der Waals surface area contributed by atoms with Gasteiger partial charge in [0.2, 0.25) is 0 Å². The van der Waals surface area contributed by atoms with Gasteiger partial charge in [-0.1, -0.05) is 17.7 Å². The number of amides is 1. The first-order valence-electron chi connectivity index (χ1n) is 7.48. The van der Waals surface area contributed by atoms with Crippen molar-refractivity contribution in [1.82, 2.24) is 0 Å². The number of hydrogen-bond donors (Lipinski definition) is 1. The molecule has 24 heavy (non-hydrogen) atoms. The summed E-state index contributed by atoms with van der Waals surface area (Å²) < 4.78 is 5.62. The first-order valence-corrected chi connectivity index (χ1v) is 7.85. The van der Waals surface area contributed by atoms with E-state index in [1.54, 1.807) is 30.3 Å². The van der Waals surface area contributed by atoms with Gasteiger partial charge in [0.1, 0.15) is 5.58 Å². The summed E-state index contributed by atoms with van der Waals surface area (Å²) in [4.78, 5) is 24.6. The highest BCUT2D eigenvalue weighted by molar-refractivity contribution is 6.31. The Morgan fingerprint density at radius 1 is 1.00 bits per heavy atom. The molecule has 0 aliphatic rings. The molecule has 122 valence electrons. The van der Waals surface area contributed by atoms with Gasteiger partial charge in [0.05, 0.1) is 5.39 Å². The van der Waals surface area contributed by atoms with Crippen molar-refractivity contribution >= 4 is 34.2 Å². The molecule has 5 heteroatoms. The number of halogens is 1. The summed E-state index contributed by atoms with van der Waals surface area (Å²) >= 11 is 6.05. The van der Waals surface area contributed by atoms with Crippen molar-refractivity contribution in [3.05, 3.63) is 74.1 Å². The zero-order valence-electron chi connectivity index (χ0n) is 13.6. The summed E-state index contributed by atoms with van der Waals surface area (Å²) in [6.45, 7) is 5.73. The van der Waals surface area contributed by atoms with E-state index in [4.69, 9.17) is 16.0 Å². The molecule has 1 aromatic heterocycles. The monoisotopic (exact) mass is 341 g/mol. The lowest BCUT2D eigenvalue weighted by Gasteiger charge is -2.08. The molecule has 0 aliphatic heterocycles. The van der Waals surface area contributed by atoms with E-state index in [1.165, 1.54) is 6.07 Å². The van der Waals surface area contributed by atoms with Gasteiger partial charge < -0.3 is 9.73 Å². The highest BCUT2D eigenvalue weighted by atomic mass is 35.5. The predicted octanol–water partition coefficient (Wildman–Crippen LogP) is 4.62. The second-order valence-electron chi connectivity index (χ2n) is 5.83. The summed E-state index contributed by atoms with van der Waals surface area (Å²) in [6.07, 6.45) is 0. The third-order valence-corrected chi connectivity index (χ3v) is 4.40. The number of aryl methyl sites for hydroxylation is 3. The second kappa shape index (κ2) is 6.13. The summed E-state index contributed by atoms with van der Waals surface area (Å²) in [5.74, 6) is -0.528. The standard InChI is InChI=1S/C19H16ClNO3/c1-10-4-5-13(8-15(10)20)21-19(23)18-9-16(22)14-6-11(2)12(3)7-17(14)24-18/h4-9H,1-3H3,(H,21,23). The Hall–Kier alpha value is -2.59. The van der Waals surface area contributed by atoms with Gasteiger partial charge in [-0.15, -0.1) is 0 Å². The van der Waals surface area contributed by atoms with E-state index in [-0.39, 0.29) is 11.2 Å². The van der Waals surface area contributed by atoms with Crippen LogP contribution in [0.4, 0.5) is 5.69 Å². The quantitative estimate of drug-likeness (QED) is 0.739. The van der Waals surface area contributed by atoms with Gasteiger partial charge in [0, 0.05) is 16.8 Å². The van der Waals surface area contributed by atoms with E-state index < -0.39 is 5.91 Å². The third kappa shape index (κ3) is 3.05. The zero-order chi connectivity index (χ0) is 17.4. The van der Waals surface area contributed by atoms with Crippen molar-refractivity contribution in [3.8, 4) is 0 Å². The highest BCUT2D eigenvalue weighted by Crippen LogP contribution is 2.21.